The van der Waals surface area contributed by atoms with Gasteiger partial charge in [-0.1, -0.05) is 0 Å². The molecule has 2 aromatic heterocycles. The van der Waals surface area contributed by atoms with E-state index in [2.05, 4.69) is 35.6 Å². The van der Waals surface area contributed by atoms with Crippen molar-refractivity contribution in [1.29, 1.82) is 5.26 Å². The molecule has 0 aliphatic carbocycles. The van der Waals surface area contributed by atoms with Crippen LogP contribution in [0.3, 0.4) is 0 Å². The van der Waals surface area contributed by atoms with Gasteiger partial charge in [0.15, 0.2) is 5.65 Å². The summed E-state index contributed by atoms with van der Waals surface area (Å²) in [5.74, 6) is 1.15. The van der Waals surface area contributed by atoms with Gasteiger partial charge in [-0.2, -0.15) is 5.26 Å². The fourth-order valence-corrected chi connectivity index (χ4v) is 4.39. The Kier molecular flexibility index (Phi) is 6.12. The number of nitrogens with zero attached hydrogens (tertiary/aromatic N) is 3. The van der Waals surface area contributed by atoms with Crippen molar-refractivity contribution < 1.29 is 13.2 Å². The smallest absolute Gasteiger partial charge is 0.261 e. The number of aryl methyl sites for hydroxylation is 1. The number of nitrogens with one attached hydrogen (secondary N) is 2. The number of hydrogen-bond acceptors (Lipinski definition) is 6. The molecule has 0 amide bonds. The summed E-state index contributed by atoms with van der Waals surface area (Å²) in [5, 5.41) is 8.54. The molecule has 32 heavy (non-hydrogen) atoms. The van der Waals surface area contributed by atoms with Gasteiger partial charge in [-0.05, 0) is 76.9 Å². The second kappa shape index (κ2) is 8.98. The number of pyridine rings is 1. The Morgan fingerprint density at radius 2 is 1.88 bits per heavy atom. The van der Waals surface area contributed by atoms with E-state index in [0.29, 0.717) is 22.9 Å². The molecule has 0 unspecified atom stereocenters. The first-order chi connectivity index (χ1) is 15.4. The maximum absolute atomic E-state index is 12.7. The second-order valence-corrected chi connectivity index (χ2v) is 9.46. The number of imidazole rings is 1. The first-order valence-corrected chi connectivity index (χ1v) is 11.9. The summed E-state index contributed by atoms with van der Waals surface area (Å²) in [5.41, 5.74) is 3.71. The Balaban J connectivity index is 1.49. The largest absolute Gasteiger partial charge is 0.493 e. The number of aromatic amines is 1. The Bertz CT molecular complexity index is 1410. The highest BCUT2D eigenvalue weighted by molar-refractivity contribution is 9.10. The number of hydrogen-bond donors (Lipinski definition) is 2. The van der Waals surface area contributed by atoms with E-state index in [1.54, 1.807) is 42.6 Å². The third kappa shape index (κ3) is 4.59. The normalized spacial score (nSPS) is 11.3. The molecule has 162 valence electrons. The highest BCUT2D eigenvalue weighted by Gasteiger charge is 2.15. The molecule has 0 aliphatic rings. The molecule has 4 aromatic rings. The maximum atomic E-state index is 12.7. The molecule has 0 bridgehead atoms. The fraction of sp³-hybridized carbons (Fsp3) is 0.136. The van der Waals surface area contributed by atoms with E-state index in [4.69, 9.17) is 10.00 Å². The molecule has 2 N–H and O–H groups in total. The molecule has 8 nitrogen and oxygen atoms in total. The molecule has 10 heteroatoms. The number of halogens is 1. The lowest BCUT2D eigenvalue weighted by molar-refractivity contribution is 0.326. The van der Waals surface area contributed by atoms with Gasteiger partial charge in [0.05, 0.1) is 22.9 Å². The van der Waals surface area contributed by atoms with Gasteiger partial charge in [-0.25, -0.2) is 18.4 Å². The standard InChI is InChI=1S/C22H18BrN5O3S/c1-14-19(23)13-25-22-20(14)26-21(27-22)15-3-5-16(6-4-15)28-32(29,30)18-9-7-17(8-10-18)31-12-2-11-24/h3-10,13,28H,2,12H2,1H3,(H,25,26,27). The van der Waals surface area contributed by atoms with Crippen molar-refractivity contribution in [2.24, 2.45) is 0 Å². The van der Waals surface area contributed by atoms with Gasteiger partial charge in [0.25, 0.3) is 10.0 Å². The Morgan fingerprint density at radius 1 is 1.16 bits per heavy atom. The summed E-state index contributed by atoms with van der Waals surface area (Å²) >= 11 is 3.46. The van der Waals surface area contributed by atoms with Crippen molar-refractivity contribution in [3.05, 3.63) is 64.8 Å². The van der Waals surface area contributed by atoms with Gasteiger partial charge in [0, 0.05) is 21.9 Å². The van der Waals surface area contributed by atoms with Crippen molar-refractivity contribution in [2.75, 3.05) is 11.3 Å². The minimum absolute atomic E-state index is 0.110. The van der Waals surface area contributed by atoms with E-state index < -0.39 is 10.0 Å². The van der Waals surface area contributed by atoms with Crippen molar-refractivity contribution in [2.45, 2.75) is 18.2 Å². The predicted molar refractivity (Wildman–Crippen MR) is 125 cm³/mol. The number of H-pyrrole nitrogens is 1. The van der Waals surface area contributed by atoms with Crippen LogP contribution >= 0.6 is 15.9 Å². The van der Waals surface area contributed by atoms with Gasteiger partial charge in [0.2, 0.25) is 0 Å². The molecule has 2 heterocycles. The third-order valence-corrected chi connectivity index (χ3v) is 6.94. The van der Waals surface area contributed by atoms with Crippen molar-refractivity contribution in [1.82, 2.24) is 15.0 Å². The molecule has 2 aromatic carbocycles. The summed E-state index contributed by atoms with van der Waals surface area (Å²) in [4.78, 5) is 12.2. The van der Waals surface area contributed by atoms with Crippen LogP contribution in [0.15, 0.2) is 64.1 Å². The molecule has 0 saturated carbocycles. The van der Waals surface area contributed by atoms with Gasteiger partial charge in [-0.3, -0.25) is 4.72 Å². The second-order valence-electron chi connectivity index (χ2n) is 6.93. The summed E-state index contributed by atoms with van der Waals surface area (Å²) in [6, 6.07) is 14.9. The lowest BCUT2D eigenvalue weighted by atomic mass is 10.2. The molecular weight excluding hydrogens is 494 g/mol. The minimum Gasteiger partial charge on any atom is -0.493 e. The van der Waals surface area contributed by atoms with Crippen LogP contribution in [0.5, 0.6) is 5.75 Å². The summed E-state index contributed by atoms with van der Waals surface area (Å²) < 4.78 is 34.2. The first-order valence-electron chi connectivity index (χ1n) is 9.61. The molecule has 0 saturated heterocycles. The summed E-state index contributed by atoms with van der Waals surface area (Å²) in [7, 11) is -3.76. The molecule has 4 rings (SSSR count). The van der Waals surface area contributed by atoms with Crippen LogP contribution in [0.4, 0.5) is 5.69 Å². The molecular formula is C22H18BrN5O3S. The van der Waals surface area contributed by atoms with Gasteiger partial charge in [0.1, 0.15) is 18.2 Å². The van der Waals surface area contributed by atoms with Crippen LogP contribution in [0.1, 0.15) is 12.0 Å². The van der Waals surface area contributed by atoms with Crippen LogP contribution in [0, 0.1) is 18.3 Å². The number of ether oxygens (including phenoxy) is 1. The van der Waals surface area contributed by atoms with Crippen molar-refractivity contribution in [3.8, 4) is 23.2 Å². The summed E-state index contributed by atoms with van der Waals surface area (Å²) in [6.45, 7) is 2.23. The molecule has 0 spiro atoms. The topological polar surface area (TPSA) is 121 Å². The van der Waals surface area contributed by atoms with Crippen LogP contribution in [-0.2, 0) is 10.0 Å². The summed E-state index contributed by atoms with van der Waals surface area (Å²) in [6.07, 6.45) is 1.98. The molecule has 0 aliphatic heterocycles. The quantitative estimate of drug-likeness (QED) is 0.344. The lowest BCUT2D eigenvalue weighted by Gasteiger charge is -2.09. The Morgan fingerprint density at radius 3 is 2.56 bits per heavy atom. The average Bonchev–Trinajstić information content (AvgIpc) is 3.22. The third-order valence-electron chi connectivity index (χ3n) is 4.75. The van der Waals surface area contributed by atoms with E-state index in [-0.39, 0.29) is 17.9 Å². The number of nitriles is 1. The van der Waals surface area contributed by atoms with Gasteiger partial charge < -0.3 is 9.72 Å². The van der Waals surface area contributed by atoms with E-state index in [0.717, 1.165) is 21.1 Å². The molecule has 0 fully saturated rings. The van der Waals surface area contributed by atoms with Crippen LogP contribution in [0.25, 0.3) is 22.6 Å². The van der Waals surface area contributed by atoms with Crippen molar-refractivity contribution in [3.63, 3.8) is 0 Å². The van der Waals surface area contributed by atoms with E-state index in [1.807, 2.05) is 13.0 Å². The predicted octanol–water partition coefficient (Wildman–Crippen LogP) is 4.79. The van der Waals surface area contributed by atoms with Gasteiger partial charge >= 0.3 is 0 Å². The zero-order valence-electron chi connectivity index (χ0n) is 17.0. The van der Waals surface area contributed by atoms with E-state index in [9.17, 15) is 8.42 Å². The SMILES string of the molecule is Cc1c(Br)cnc2nc(-c3ccc(NS(=O)(=O)c4ccc(OCCC#N)cc4)cc3)[nH]c12. The molecule has 0 atom stereocenters. The number of sulfonamides is 1. The first kappa shape index (κ1) is 21.8. The van der Waals surface area contributed by atoms with Crippen LogP contribution < -0.4 is 9.46 Å². The monoisotopic (exact) mass is 511 g/mol. The Hall–Kier alpha value is -3.42. The minimum atomic E-state index is -3.76. The number of rotatable bonds is 7. The zero-order valence-corrected chi connectivity index (χ0v) is 19.4. The van der Waals surface area contributed by atoms with E-state index >= 15 is 0 Å². The Labute approximate surface area is 193 Å². The average molecular weight is 512 g/mol. The maximum Gasteiger partial charge on any atom is 0.261 e. The highest BCUT2D eigenvalue weighted by Crippen LogP contribution is 2.27. The number of benzene rings is 2. The molecule has 0 radical (unpaired) electrons. The lowest BCUT2D eigenvalue weighted by Crippen LogP contribution is -2.12. The fourth-order valence-electron chi connectivity index (χ4n) is 3.03. The van der Waals surface area contributed by atoms with Crippen LogP contribution in [0.2, 0.25) is 0 Å². The zero-order chi connectivity index (χ0) is 22.7. The number of aromatic nitrogens is 3. The number of anilines is 1. The van der Waals surface area contributed by atoms with Gasteiger partial charge in [-0.15, -0.1) is 0 Å². The van der Waals surface area contributed by atoms with Crippen LogP contribution in [-0.4, -0.2) is 30.0 Å². The highest BCUT2D eigenvalue weighted by atomic mass is 79.9. The van der Waals surface area contributed by atoms with Crippen molar-refractivity contribution >= 4 is 42.8 Å². The number of fused-ring (bicyclic) bond motifs is 1. The van der Waals surface area contributed by atoms with E-state index in [1.165, 1.54) is 12.1 Å².